The molecule has 156 valence electrons. The standard InChI is InChI=1S/C20H26N4O5/c1-11(13-5-7-24(8-6-13)19(27)12(2)29-20(21)28)22-18(26)14-3-4-16-15(9-14)10-17(25)23-16/h3-4,9,11-13H,5-8,10H2,1-2H3,(H2,21,28)(H,22,26)(H,23,25)/t11?,12-/m0/s1. The average Bonchev–Trinajstić information content (AvgIpc) is 3.06. The van der Waals surface area contributed by atoms with Crippen molar-refractivity contribution in [2.75, 3.05) is 18.4 Å². The SMILES string of the molecule is CC(NC(=O)c1ccc2c(c1)CC(=O)N2)C1CCN(C(=O)[C@H](C)OC(N)=O)CC1. The van der Waals surface area contributed by atoms with Crippen molar-refractivity contribution < 1.29 is 23.9 Å². The first-order valence-corrected chi connectivity index (χ1v) is 9.73. The predicted octanol–water partition coefficient (Wildman–Crippen LogP) is 1.02. The largest absolute Gasteiger partial charge is 0.437 e. The Morgan fingerprint density at radius 1 is 1.24 bits per heavy atom. The first-order valence-electron chi connectivity index (χ1n) is 9.73. The normalized spacial score (nSPS) is 18.4. The van der Waals surface area contributed by atoms with Crippen LogP contribution in [0.15, 0.2) is 18.2 Å². The average molecular weight is 402 g/mol. The van der Waals surface area contributed by atoms with Crippen LogP contribution in [-0.2, 0) is 20.7 Å². The van der Waals surface area contributed by atoms with Gasteiger partial charge in [-0.3, -0.25) is 14.4 Å². The van der Waals surface area contributed by atoms with Gasteiger partial charge in [0.2, 0.25) is 5.91 Å². The van der Waals surface area contributed by atoms with Gasteiger partial charge in [0.05, 0.1) is 6.42 Å². The Hall–Kier alpha value is -3.10. The maximum atomic E-state index is 12.6. The van der Waals surface area contributed by atoms with Crippen LogP contribution in [-0.4, -0.2) is 54.0 Å². The van der Waals surface area contributed by atoms with E-state index in [1.165, 1.54) is 6.92 Å². The number of carbonyl (C=O) groups excluding carboxylic acids is 4. The fraction of sp³-hybridized carbons (Fsp3) is 0.500. The second-order valence-corrected chi connectivity index (χ2v) is 7.60. The lowest BCUT2D eigenvalue weighted by Crippen LogP contribution is -2.48. The van der Waals surface area contributed by atoms with Gasteiger partial charge in [0, 0.05) is 30.4 Å². The number of anilines is 1. The van der Waals surface area contributed by atoms with Crippen molar-refractivity contribution in [2.45, 2.75) is 45.3 Å². The molecule has 0 spiro atoms. The molecule has 0 aliphatic carbocycles. The molecule has 4 amide bonds. The van der Waals surface area contributed by atoms with E-state index in [1.807, 2.05) is 6.92 Å². The molecule has 29 heavy (non-hydrogen) atoms. The Kier molecular flexibility index (Phi) is 6.05. The second kappa shape index (κ2) is 8.50. The number of nitrogens with two attached hydrogens (primary N) is 1. The molecule has 1 unspecified atom stereocenters. The third-order valence-corrected chi connectivity index (χ3v) is 5.55. The number of hydrogen-bond donors (Lipinski definition) is 3. The maximum Gasteiger partial charge on any atom is 0.405 e. The van der Waals surface area contributed by atoms with E-state index in [9.17, 15) is 19.2 Å². The number of hydrogen-bond acceptors (Lipinski definition) is 5. The second-order valence-electron chi connectivity index (χ2n) is 7.60. The summed E-state index contributed by atoms with van der Waals surface area (Å²) < 4.78 is 4.74. The summed E-state index contributed by atoms with van der Waals surface area (Å²) in [6, 6.07) is 5.14. The van der Waals surface area contributed by atoms with Crippen LogP contribution in [0.3, 0.4) is 0 Å². The van der Waals surface area contributed by atoms with E-state index in [0.717, 1.165) is 24.1 Å². The number of rotatable bonds is 5. The van der Waals surface area contributed by atoms with Crippen LogP contribution in [0.1, 0.15) is 42.6 Å². The van der Waals surface area contributed by atoms with E-state index >= 15 is 0 Å². The molecular weight excluding hydrogens is 376 g/mol. The van der Waals surface area contributed by atoms with Crippen molar-refractivity contribution in [1.29, 1.82) is 0 Å². The molecule has 2 aliphatic rings. The van der Waals surface area contributed by atoms with Crippen LogP contribution < -0.4 is 16.4 Å². The predicted molar refractivity (Wildman–Crippen MR) is 105 cm³/mol. The molecule has 2 heterocycles. The highest BCUT2D eigenvalue weighted by Crippen LogP contribution is 2.25. The summed E-state index contributed by atoms with van der Waals surface area (Å²) in [4.78, 5) is 48.8. The van der Waals surface area contributed by atoms with Gasteiger partial charge in [-0.05, 0) is 56.4 Å². The first kappa shape index (κ1) is 20.6. The summed E-state index contributed by atoms with van der Waals surface area (Å²) in [7, 11) is 0. The van der Waals surface area contributed by atoms with E-state index < -0.39 is 12.2 Å². The van der Waals surface area contributed by atoms with Crippen molar-refractivity contribution in [2.24, 2.45) is 11.7 Å². The number of ether oxygens (including phenoxy) is 1. The lowest BCUT2D eigenvalue weighted by Gasteiger charge is -2.36. The minimum absolute atomic E-state index is 0.0629. The third-order valence-electron chi connectivity index (χ3n) is 5.55. The summed E-state index contributed by atoms with van der Waals surface area (Å²) >= 11 is 0. The van der Waals surface area contributed by atoms with Crippen LogP contribution in [0.25, 0.3) is 0 Å². The maximum absolute atomic E-state index is 12.6. The Morgan fingerprint density at radius 3 is 2.59 bits per heavy atom. The number of likely N-dealkylation sites (tertiary alicyclic amines) is 1. The molecule has 0 radical (unpaired) electrons. The van der Waals surface area contributed by atoms with Crippen molar-refractivity contribution in [3.63, 3.8) is 0 Å². The van der Waals surface area contributed by atoms with Crippen LogP contribution in [0.2, 0.25) is 0 Å². The van der Waals surface area contributed by atoms with E-state index in [2.05, 4.69) is 10.6 Å². The molecule has 0 bridgehead atoms. The Morgan fingerprint density at radius 2 is 1.93 bits per heavy atom. The molecule has 1 aromatic rings. The lowest BCUT2D eigenvalue weighted by molar-refractivity contribution is -0.140. The van der Waals surface area contributed by atoms with Crippen LogP contribution in [0.5, 0.6) is 0 Å². The van der Waals surface area contributed by atoms with Gasteiger partial charge in [-0.2, -0.15) is 0 Å². The van der Waals surface area contributed by atoms with Gasteiger partial charge in [-0.1, -0.05) is 0 Å². The smallest absolute Gasteiger partial charge is 0.405 e. The number of primary amides is 1. The van der Waals surface area contributed by atoms with Crippen molar-refractivity contribution in [3.8, 4) is 0 Å². The number of amides is 4. The summed E-state index contributed by atoms with van der Waals surface area (Å²) in [6.45, 7) is 4.52. The fourth-order valence-corrected chi connectivity index (χ4v) is 3.88. The molecule has 2 aliphatic heterocycles. The molecular formula is C20H26N4O5. The van der Waals surface area contributed by atoms with Crippen LogP contribution in [0.4, 0.5) is 10.5 Å². The molecule has 1 saturated heterocycles. The molecule has 0 aromatic heterocycles. The van der Waals surface area contributed by atoms with E-state index in [-0.39, 0.29) is 36.1 Å². The number of benzene rings is 1. The van der Waals surface area contributed by atoms with Gasteiger partial charge in [0.25, 0.3) is 11.8 Å². The molecule has 9 heteroatoms. The topological polar surface area (TPSA) is 131 Å². The van der Waals surface area contributed by atoms with Gasteiger partial charge in [0.1, 0.15) is 0 Å². The summed E-state index contributed by atoms with van der Waals surface area (Å²) in [5.41, 5.74) is 7.07. The zero-order valence-electron chi connectivity index (χ0n) is 16.6. The molecule has 3 rings (SSSR count). The van der Waals surface area contributed by atoms with Gasteiger partial charge in [0.15, 0.2) is 6.10 Å². The zero-order valence-corrected chi connectivity index (χ0v) is 16.6. The van der Waals surface area contributed by atoms with E-state index in [4.69, 9.17) is 10.5 Å². The summed E-state index contributed by atoms with van der Waals surface area (Å²) in [6.07, 6.45) is -0.111. The van der Waals surface area contributed by atoms with Crippen LogP contribution >= 0.6 is 0 Å². The van der Waals surface area contributed by atoms with Gasteiger partial charge >= 0.3 is 6.09 Å². The number of piperidine rings is 1. The Balaban J connectivity index is 1.51. The van der Waals surface area contributed by atoms with Gasteiger partial charge < -0.3 is 26.0 Å². The Labute approximate surface area is 168 Å². The number of fused-ring (bicyclic) bond motifs is 1. The number of carbonyl (C=O) groups is 4. The molecule has 2 atom stereocenters. The van der Waals surface area contributed by atoms with Gasteiger partial charge in [-0.15, -0.1) is 0 Å². The highest BCUT2D eigenvalue weighted by Gasteiger charge is 2.30. The molecule has 1 fully saturated rings. The highest BCUT2D eigenvalue weighted by molar-refractivity contribution is 6.01. The van der Waals surface area contributed by atoms with Gasteiger partial charge in [-0.25, -0.2) is 4.79 Å². The number of nitrogens with one attached hydrogen (secondary N) is 2. The minimum atomic E-state index is -0.969. The quantitative estimate of drug-likeness (QED) is 0.677. The van der Waals surface area contributed by atoms with Crippen molar-refractivity contribution in [1.82, 2.24) is 10.2 Å². The Bertz CT molecular complexity index is 832. The lowest BCUT2D eigenvalue weighted by atomic mass is 9.90. The van der Waals surface area contributed by atoms with Crippen molar-refractivity contribution in [3.05, 3.63) is 29.3 Å². The first-order chi connectivity index (χ1) is 13.7. The fourth-order valence-electron chi connectivity index (χ4n) is 3.88. The minimum Gasteiger partial charge on any atom is -0.437 e. The third kappa shape index (κ3) is 4.85. The molecule has 9 nitrogen and oxygen atoms in total. The number of nitrogens with zero attached hydrogens (tertiary/aromatic N) is 1. The monoisotopic (exact) mass is 402 g/mol. The molecule has 4 N–H and O–H groups in total. The zero-order chi connectivity index (χ0) is 21.1. The summed E-state index contributed by atoms with van der Waals surface area (Å²) in [5, 5.41) is 5.78. The summed E-state index contributed by atoms with van der Waals surface area (Å²) in [5.74, 6) is -0.280. The van der Waals surface area contributed by atoms with Crippen LogP contribution in [0, 0.1) is 5.92 Å². The molecule has 1 aromatic carbocycles. The van der Waals surface area contributed by atoms with E-state index in [0.29, 0.717) is 18.7 Å². The highest BCUT2D eigenvalue weighted by atomic mass is 16.6. The van der Waals surface area contributed by atoms with E-state index in [1.54, 1.807) is 23.1 Å². The molecule has 0 saturated carbocycles. The van der Waals surface area contributed by atoms with Crippen molar-refractivity contribution >= 4 is 29.5 Å².